The molecular formula is C23H22N2O3. The predicted molar refractivity (Wildman–Crippen MR) is 106 cm³/mol. The lowest BCUT2D eigenvalue weighted by molar-refractivity contribution is -0.157. The van der Waals surface area contributed by atoms with E-state index >= 15 is 0 Å². The summed E-state index contributed by atoms with van der Waals surface area (Å²) in [6.45, 7) is 3.27. The molecule has 5 nitrogen and oxygen atoms in total. The van der Waals surface area contributed by atoms with Gasteiger partial charge in [0.05, 0.1) is 0 Å². The van der Waals surface area contributed by atoms with Gasteiger partial charge in [0, 0.05) is 18.7 Å². The second-order valence-corrected chi connectivity index (χ2v) is 6.81. The molecular weight excluding hydrogens is 352 g/mol. The molecule has 142 valence electrons. The summed E-state index contributed by atoms with van der Waals surface area (Å²) in [6.07, 6.45) is 2.31. The lowest BCUT2D eigenvalue weighted by atomic mass is 10.1. The molecule has 2 aromatic carbocycles. The van der Waals surface area contributed by atoms with Crippen molar-refractivity contribution in [3.8, 4) is 6.07 Å². The average Bonchev–Trinajstić information content (AvgIpc) is 3.26. The van der Waals surface area contributed by atoms with Gasteiger partial charge in [-0.25, -0.2) is 4.79 Å². The number of carbonyl (C=O) groups excluding carboxylic acids is 2. The Morgan fingerprint density at radius 1 is 1.07 bits per heavy atom. The topological polar surface area (TPSA) is 70.4 Å². The number of likely N-dealkylation sites (tertiary alicyclic amines) is 1. The molecule has 1 saturated heterocycles. The van der Waals surface area contributed by atoms with Crippen LogP contribution < -0.4 is 0 Å². The van der Waals surface area contributed by atoms with E-state index in [4.69, 9.17) is 4.74 Å². The second kappa shape index (κ2) is 9.01. The molecule has 1 aliphatic heterocycles. The van der Waals surface area contributed by atoms with Gasteiger partial charge >= 0.3 is 5.97 Å². The Kier molecular flexibility index (Phi) is 6.23. The maximum atomic E-state index is 12.9. The first-order chi connectivity index (χ1) is 13.6. The van der Waals surface area contributed by atoms with Crippen LogP contribution in [0.2, 0.25) is 0 Å². The second-order valence-electron chi connectivity index (χ2n) is 6.81. The summed E-state index contributed by atoms with van der Waals surface area (Å²) in [6, 6.07) is 18.3. The fourth-order valence-electron chi connectivity index (χ4n) is 3.13. The third-order valence-electron chi connectivity index (χ3n) is 4.70. The SMILES string of the molecule is Cc1ccc(/C=C(\C#N)C(=O)O[C@H](C(=O)N2CCCC2)c2ccccc2)cc1. The van der Waals surface area contributed by atoms with Gasteiger partial charge in [0.1, 0.15) is 11.6 Å². The van der Waals surface area contributed by atoms with Crippen LogP contribution >= 0.6 is 0 Å². The molecule has 28 heavy (non-hydrogen) atoms. The first-order valence-corrected chi connectivity index (χ1v) is 9.31. The highest BCUT2D eigenvalue weighted by Gasteiger charge is 2.31. The molecule has 1 atom stereocenters. The number of amides is 1. The standard InChI is InChI=1S/C23H22N2O3/c1-17-9-11-18(12-10-17)15-20(16-24)23(27)28-21(19-7-3-2-4-8-19)22(26)25-13-5-6-14-25/h2-4,7-12,15,21H,5-6,13-14H2,1H3/b20-15+/t21-/m0/s1. The van der Waals surface area contributed by atoms with Gasteiger partial charge in [0.25, 0.3) is 5.91 Å². The maximum absolute atomic E-state index is 12.9. The van der Waals surface area contributed by atoms with Gasteiger partial charge in [-0.1, -0.05) is 60.2 Å². The molecule has 0 N–H and O–H groups in total. The van der Waals surface area contributed by atoms with Crippen molar-refractivity contribution < 1.29 is 14.3 Å². The first kappa shape index (κ1) is 19.4. The van der Waals surface area contributed by atoms with Crippen molar-refractivity contribution in [2.45, 2.75) is 25.9 Å². The maximum Gasteiger partial charge on any atom is 0.350 e. The van der Waals surface area contributed by atoms with Crippen molar-refractivity contribution in [1.82, 2.24) is 4.90 Å². The number of aryl methyl sites for hydroxylation is 1. The summed E-state index contributed by atoms with van der Waals surface area (Å²) in [4.78, 5) is 27.3. The van der Waals surface area contributed by atoms with Gasteiger partial charge in [-0.2, -0.15) is 5.26 Å². The number of hydrogen-bond acceptors (Lipinski definition) is 4. The van der Waals surface area contributed by atoms with E-state index in [1.54, 1.807) is 29.2 Å². The average molecular weight is 374 g/mol. The smallest absolute Gasteiger partial charge is 0.350 e. The van der Waals surface area contributed by atoms with Crippen LogP contribution in [-0.4, -0.2) is 29.9 Å². The Balaban J connectivity index is 1.84. The molecule has 2 aromatic rings. The van der Waals surface area contributed by atoms with Crippen molar-refractivity contribution >= 4 is 18.0 Å². The number of hydrogen-bond donors (Lipinski definition) is 0. The van der Waals surface area contributed by atoms with Crippen LogP contribution in [0.3, 0.4) is 0 Å². The number of carbonyl (C=O) groups is 2. The molecule has 1 amide bonds. The van der Waals surface area contributed by atoms with Crippen molar-refractivity contribution in [1.29, 1.82) is 5.26 Å². The van der Waals surface area contributed by atoms with Crippen LogP contribution in [0.4, 0.5) is 0 Å². The van der Waals surface area contributed by atoms with E-state index in [-0.39, 0.29) is 11.5 Å². The summed E-state index contributed by atoms with van der Waals surface area (Å²) in [5.41, 5.74) is 2.26. The largest absolute Gasteiger partial charge is 0.443 e. The molecule has 1 aliphatic rings. The molecule has 0 unspecified atom stereocenters. The Labute approximate surface area is 164 Å². The summed E-state index contributed by atoms with van der Waals surface area (Å²) in [5.74, 6) is -1.05. The van der Waals surface area contributed by atoms with Crippen LogP contribution in [0, 0.1) is 18.3 Å². The zero-order valence-corrected chi connectivity index (χ0v) is 15.8. The third kappa shape index (κ3) is 4.66. The number of ether oxygens (including phenoxy) is 1. The van der Waals surface area contributed by atoms with Crippen molar-refractivity contribution in [3.05, 3.63) is 76.9 Å². The predicted octanol–water partition coefficient (Wildman–Crippen LogP) is 3.81. The van der Waals surface area contributed by atoms with E-state index in [0.717, 1.165) is 24.0 Å². The highest BCUT2D eigenvalue weighted by Crippen LogP contribution is 2.24. The third-order valence-corrected chi connectivity index (χ3v) is 4.70. The minimum absolute atomic E-state index is 0.140. The van der Waals surface area contributed by atoms with Gasteiger partial charge in [0.2, 0.25) is 6.10 Å². The quantitative estimate of drug-likeness (QED) is 0.453. The number of esters is 1. The minimum Gasteiger partial charge on any atom is -0.443 e. The van der Waals surface area contributed by atoms with E-state index in [0.29, 0.717) is 18.7 Å². The Hall–Kier alpha value is -3.39. The molecule has 0 aliphatic carbocycles. The summed E-state index contributed by atoms with van der Waals surface area (Å²) >= 11 is 0. The van der Waals surface area contributed by atoms with Crippen LogP contribution in [-0.2, 0) is 14.3 Å². The van der Waals surface area contributed by atoms with Crippen LogP contribution in [0.5, 0.6) is 0 Å². The number of nitrogens with zero attached hydrogens (tertiary/aromatic N) is 2. The highest BCUT2D eigenvalue weighted by atomic mass is 16.5. The van der Waals surface area contributed by atoms with Gasteiger partial charge in [-0.15, -0.1) is 0 Å². The lowest BCUT2D eigenvalue weighted by Gasteiger charge is -2.23. The Morgan fingerprint density at radius 2 is 1.71 bits per heavy atom. The van der Waals surface area contributed by atoms with Crippen molar-refractivity contribution in [2.24, 2.45) is 0 Å². The van der Waals surface area contributed by atoms with E-state index in [9.17, 15) is 14.9 Å². The van der Waals surface area contributed by atoms with Crippen LogP contribution in [0.25, 0.3) is 6.08 Å². The molecule has 1 fully saturated rings. The summed E-state index contributed by atoms with van der Waals surface area (Å²) < 4.78 is 5.54. The fraction of sp³-hybridized carbons (Fsp3) is 0.261. The normalized spacial score (nSPS) is 15.0. The van der Waals surface area contributed by atoms with Gasteiger partial charge in [0.15, 0.2) is 0 Å². The molecule has 0 spiro atoms. The minimum atomic E-state index is -1.05. The summed E-state index contributed by atoms with van der Waals surface area (Å²) in [7, 11) is 0. The van der Waals surface area contributed by atoms with Crippen molar-refractivity contribution in [2.75, 3.05) is 13.1 Å². The molecule has 0 bridgehead atoms. The van der Waals surface area contributed by atoms with Gasteiger partial charge in [-0.3, -0.25) is 4.79 Å². The van der Waals surface area contributed by atoms with E-state index in [2.05, 4.69) is 0 Å². The van der Waals surface area contributed by atoms with E-state index < -0.39 is 12.1 Å². The zero-order chi connectivity index (χ0) is 19.9. The molecule has 3 rings (SSSR count). The molecule has 0 radical (unpaired) electrons. The molecule has 5 heteroatoms. The molecule has 0 saturated carbocycles. The molecule has 0 aromatic heterocycles. The highest BCUT2D eigenvalue weighted by molar-refractivity contribution is 5.99. The van der Waals surface area contributed by atoms with Gasteiger partial charge in [-0.05, 0) is 31.4 Å². The van der Waals surface area contributed by atoms with Gasteiger partial charge < -0.3 is 9.64 Å². The van der Waals surface area contributed by atoms with Crippen LogP contribution in [0.1, 0.15) is 35.6 Å². The molecule has 1 heterocycles. The van der Waals surface area contributed by atoms with Crippen LogP contribution in [0.15, 0.2) is 60.2 Å². The number of benzene rings is 2. The first-order valence-electron chi connectivity index (χ1n) is 9.31. The van der Waals surface area contributed by atoms with E-state index in [1.807, 2.05) is 43.3 Å². The zero-order valence-electron chi connectivity index (χ0n) is 15.8. The fourth-order valence-corrected chi connectivity index (χ4v) is 3.13. The number of nitriles is 1. The van der Waals surface area contributed by atoms with Crippen molar-refractivity contribution in [3.63, 3.8) is 0 Å². The summed E-state index contributed by atoms with van der Waals surface area (Å²) in [5, 5.41) is 9.43. The monoisotopic (exact) mass is 374 g/mol. The van der Waals surface area contributed by atoms with E-state index in [1.165, 1.54) is 6.08 Å². The Morgan fingerprint density at radius 3 is 2.32 bits per heavy atom. The Bertz CT molecular complexity index is 905. The number of rotatable bonds is 5. The lowest BCUT2D eigenvalue weighted by Crippen LogP contribution is -2.35.